The van der Waals surface area contributed by atoms with Crippen molar-refractivity contribution >= 4 is 11.7 Å². The highest BCUT2D eigenvalue weighted by atomic mass is 19.1. The fourth-order valence-corrected chi connectivity index (χ4v) is 1.45. The molecular weight excluding hydrogens is 237 g/mol. The number of carbonyl (C=O) groups is 1. The molecule has 5 nitrogen and oxygen atoms in total. The summed E-state index contributed by atoms with van der Waals surface area (Å²) in [7, 11) is 3.19. The molecule has 0 aliphatic rings. The lowest BCUT2D eigenvalue weighted by molar-refractivity contribution is 0.164. The first-order valence-electron chi connectivity index (χ1n) is 5.55. The Bertz CT molecular complexity index is 383. The van der Waals surface area contributed by atoms with E-state index < -0.39 is 0 Å². The summed E-state index contributed by atoms with van der Waals surface area (Å²) in [6.45, 7) is 0.759. The fourth-order valence-electron chi connectivity index (χ4n) is 1.45. The van der Waals surface area contributed by atoms with Gasteiger partial charge in [-0.3, -0.25) is 0 Å². The van der Waals surface area contributed by atoms with Gasteiger partial charge in [-0.15, -0.1) is 0 Å². The van der Waals surface area contributed by atoms with Crippen molar-refractivity contribution < 1.29 is 13.9 Å². The number of hydrogen-bond acceptors (Lipinski definition) is 3. The van der Waals surface area contributed by atoms with Crippen LogP contribution >= 0.6 is 0 Å². The minimum atomic E-state index is -0.344. The normalized spacial score (nSPS) is 12.0. The average molecular weight is 255 g/mol. The van der Waals surface area contributed by atoms with E-state index in [4.69, 9.17) is 10.5 Å². The summed E-state index contributed by atoms with van der Waals surface area (Å²) in [5, 5.41) is 2.64. The lowest BCUT2D eigenvalue weighted by atomic mass is 10.3. The first kappa shape index (κ1) is 14.4. The van der Waals surface area contributed by atoms with Crippen LogP contribution in [0.3, 0.4) is 0 Å². The monoisotopic (exact) mass is 255 g/mol. The Labute approximate surface area is 106 Å². The number of anilines is 1. The van der Waals surface area contributed by atoms with Gasteiger partial charge in [0, 0.05) is 32.4 Å². The van der Waals surface area contributed by atoms with Crippen LogP contribution in [-0.4, -0.2) is 44.3 Å². The Kier molecular flexibility index (Phi) is 5.54. The van der Waals surface area contributed by atoms with E-state index in [-0.39, 0.29) is 17.9 Å². The number of hydrogen-bond donors (Lipinski definition) is 2. The smallest absolute Gasteiger partial charge is 0.321 e. The molecule has 0 bridgehead atoms. The standard InChI is InChI=1S/C12H18FN3O2/c1-16(7-10(14)8-18-2)12(17)15-11-5-3-9(13)4-6-11/h3-6,10H,7-8,14H2,1-2H3,(H,15,17). The van der Waals surface area contributed by atoms with Crippen molar-refractivity contribution in [2.75, 3.05) is 32.6 Å². The molecule has 0 aromatic heterocycles. The van der Waals surface area contributed by atoms with Crippen molar-refractivity contribution in [3.63, 3.8) is 0 Å². The molecule has 100 valence electrons. The predicted molar refractivity (Wildman–Crippen MR) is 67.9 cm³/mol. The Morgan fingerprint density at radius 3 is 2.67 bits per heavy atom. The molecule has 1 aromatic carbocycles. The van der Waals surface area contributed by atoms with Gasteiger partial charge in [0.25, 0.3) is 0 Å². The number of methoxy groups -OCH3 is 1. The highest BCUT2D eigenvalue weighted by Gasteiger charge is 2.12. The van der Waals surface area contributed by atoms with Gasteiger partial charge in [0.2, 0.25) is 0 Å². The van der Waals surface area contributed by atoms with Crippen LogP contribution in [0.15, 0.2) is 24.3 Å². The van der Waals surface area contributed by atoms with Crippen LogP contribution in [0, 0.1) is 5.82 Å². The van der Waals surface area contributed by atoms with Crippen molar-refractivity contribution in [1.82, 2.24) is 4.90 Å². The minimum absolute atomic E-state index is 0.237. The Morgan fingerprint density at radius 2 is 2.11 bits per heavy atom. The number of amides is 2. The Hall–Kier alpha value is -1.66. The summed E-state index contributed by atoms with van der Waals surface area (Å²) in [5.41, 5.74) is 6.28. The van der Waals surface area contributed by atoms with Crippen molar-refractivity contribution in [1.29, 1.82) is 0 Å². The van der Waals surface area contributed by atoms with E-state index in [9.17, 15) is 9.18 Å². The van der Waals surface area contributed by atoms with Gasteiger partial charge in [-0.05, 0) is 24.3 Å². The van der Waals surface area contributed by atoms with E-state index in [1.54, 1.807) is 14.2 Å². The third-order valence-corrected chi connectivity index (χ3v) is 2.33. The molecule has 0 heterocycles. The van der Waals surface area contributed by atoms with Gasteiger partial charge in [-0.25, -0.2) is 9.18 Å². The SMILES string of the molecule is COCC(N)CN(C)C(=O)Nc1ccc(F)cc1. The summed E-state index contributed by atoms with van der Waals surface area (Å²) in [5.74, 6) is -0.344. The topological polar surface area (TPSA) is 67.6 Å². The maximum Gasteiger partial charge on any atom is 0.321 e. The summed E-state index contributed by atoms with van der Waals surface area (Å²) in [6, 6.07) is 5.03. The summed E-state index contributed by atoms with van der Waals surface area (Å²) in [4.78, 5) is 13.2. The predicted octanol–water partition coefficient (Wildman–Crippen LogP) is 1.26. The van der Waals surface area contributed by atoms with E-state index >= 15 is 0 Å². The van der Waals surface area contributed by atoms with Crippen LogP contribution in [0.4, 0.5) is 14.9 Å². The summed E-state index contributed by atoms with van der Waals surface area (Å²) < 4.78 is 17.6. The second kappa shape index (κ2) is 6.93. The van der Waals surface area contributed by atoms with Crippen molar-refractivity contribution in [3.05, 3.63) is 30.1 Å². The largest absolute Gasteiger partial charge is 0.383 e. The first-order valence-corrected chi connectivity index (χ1v) is 5.55. The van der Waals surface area contributed by atoms with Gasteiger partial charge in [0.05, 0.1) is 6.61 Å². The molecule has 18 heavy (non-hydrogen) atoms. The van der Waals surface area contributed by atoms with Crippen LogP contribution in [0.5, 0.6) is 0 Å². The van der Waals surface area contributed by atoms with E-state index in [0.717, 1.165) is 0 Å². The number of halogens is 1. The molecule has 0 spiro atoms. The van der Waals surface area contributed by atoms with E-state index in [2.05, 4.69) is 5.32 Å². The van der Waals surface area contributed by atoms with E-state index in [0.29, 0.717) is 18.8 Å². The average Bonchev–Trinajstić information content (AvgIpc) is 2.32. The first-order chi connectivity index (χ1) is 8.52. The molecule has 0 fully saturated rings. The molecule has 1 aromatic rings. The van der Waals surface area contributed by atoms with Gasteiger partial charge < -0.3 is 20.7 Å². The maximum absolute atomic E-state index is 12.7. The second-order valence-electron chi connectivity index (χ2n) is 4.03. The number of rotatable bonds is 5. The molecule has 0 radical (unpaired) electrons. The van der Waals surface area contributed by atoms with E-state index in [1.165, 1.54) is 29.2 Å². The number of nitrogens with two attached hydrogens (primary N) is 1. The zero-order valence-electron chi connectivity index (χ0n) is 10.5. The lowest BCUT2D eigenvalue weighted by Crippen LogP contribution is -2.42. The second-order valence-corrected chi connectivity index (χ2v) is 4.03. The molecule has 1 atom stereocenters. The fraction of sp³-hybridized carbons (Fsp3) is 0.417. The number of nitrogens with one attached hydrogen (secondary N) is 1. The van der Waals surface area contributed by atoms with Crippen LogP contribution in [0.25, 0.3) is 0 Å². The van der Waals surface area contributed by atoms with Crippen LogP contribution in [0.2, 0.25) is 0 Å². The van der Waals surface area contributed by atoms with Gasteiger partial charge in [0.1, 0.15) is 5.82 Å². The summed E-state index contributed by atoms with van der Waals surface area (Å²) in [6.07, 6.45) is 0. The van der Waals surface area contributed by atoms with Crippen LogP contribution in [-0.2, 0) is 4.74 Å². The maximum atomic E-state index is 12.7. The lowest BCUT2D eigenvalue weighted by Gasteiger charge is -2.21. The quantitative estimate of drug-likeness (QED) is 0.832. The van der Waals surface area contributed by atoms with Gasteiger partial charge >= 0.3 is 6.03 Å². The molecule has 0 aliphatic heterocycles. The molecule has 0 aliphatic carbocycles. The van der Waals surface area contributed by atoms with Crippen molar-refractivity contribution in [2.45, 2.75) is 6.04 Å². The molecule has 0 saturated carbocycles. The number of benzene rings is 1. The zero-order chi connectivity index (χ0) is 13.5. The molecule has 1 rings (SSSR count). The highest BCUT2D eigenvalue weighted by Crippen LogP contribution is 2.08. The number of likely N-dealkylation sites (N-methyl/N-ethyl adjacent to an activating group) is 1. The van der Waals surface area contributed by atoms with Gasteiger partial charge in [0.15, 0.2) is 0 Å². The van der Waals surface area contributed by atoms with Crippen molar-refractivity contribution in [2.24, 2.45) is 5.73 Å². The van der Waals surface area contributed by atoms with E-state index in [1.807, 2.05) is 0 Å². The Morgan fingerprint density at radius 1 is 1.50 bits per heavy atom. The summed E-state index contributed by atoms with van der Waals surface area (Å²) >= 11 is 0. The zero-order valence-corrected chi connectivity index (χ0v) is 10.5. The molecule has 6 heteroatoms. The van der Waals surface area contributed by atoms with Crippen LogP contribution < -0.4 is 11.1 Å². The van der Waals surface area contributed by atoms with Crippen molar-refractivity contribution in [3.8, 4) is 0 Å². The number of urea groups is 1. The van der Waals surface area contributed by atoms with Gasteiger partial charge in [-0.1, -0.05) is 0 Å². The Balaban J connectivity index is 2.46. The third kappa shape index (κ3) is 4.68. The molecule has 2 amide bonds. The highest BCUT2D eigenvalue weighted by molar-refractivity contribution is 5.89. The molecular formula is C12H18FN3O2. The van der Waals surface area contributed by atoms with Gasteiger partial charge in [-0.2, -0.15) is 0 Å². The van der Waals surface area contributed by atoms with Crippen LogP contribution in [0.1, 0.15) is 0 Å². The molecule has 0 saturated heterocycles. The molecule has 1 unspecified atom stereocenters. The molecule has 3 N–H and O–H groups in total. The number of ether oxygens (including phenoxy) is 1. The number of nitrogens with zero attached hydrogens (tertiary/aromatic N) is 1. The number of carbonyl (C=O) groups excluding carboxylic acids is 1. The minimum Gasteiger partial charge on any atom is -0.383 e. The third-order valence-electron chi connectivity index (χ3n) is 2.33.